The predicted molar refractivity (Wildman–Crippen MR) is 70.3 cm³/mol. The van der Waals surface area contributed by atoms with E-state index in [1.807, 2.05) is 16.7 Å². The van der Waals surface area contributed by atoms with Crippen molar-refractivity contribution in [2.24, 2.45) is 0 Å². The lowest BCUT2D eigenvalue weighted by Gasteiger charge is -2.38. The third-order valence-corrected chi connectivity index (χ3v) is 4.76. The summed E-state index contributed by atoms with van der Waals surface area (Å²) in [6, 6.07) is -0.0427. The zero-order valence-corrected chi connectivity index (χ0v) is 11.7. The Labute approximate surface area is 107 Å². The van der Waals surface area contributed by atoms with E-state index in [0.717, 1.165) is 31.8 Å². The van der Waals surface area contributed by atoms with Crippen LogP contribution in [-0.4, -0.2) is 60.2 Å². The van der Waals surface area contributed by atoms with E-state index >= 15 is 0 Å². The van der Waals surface area contributed by atoms with Crippen molar-refractivity contribution >= 4 is 17.7 Å². The van der Waals surface area contributed by atoms with Crippen molar-refractivity contribution in [3.63, 3.8) is 0 Å². The highest BCUT2D eigenvalue weighted by Gasteiger charge is 2.36. The van der Waals surface area contributed by atoms with E-state index in [-0.39, 0.29) is 22.8 Å². The van der Waals surface area contributed by atoms with Gasteiger partial charge in [0.05, 0.1) is 12.1 Å². The normalized spacial score (nSPS) is 32.8. The van der Waals surface area contributed by atoms with Crippen molar-refractivity contribution in [2.75, 3.05) is 32.5 Å². The van der Waals surface area contributed by atoms with Gasteiger partial charge in [-0.25, -0.2) is 0 Å². The second-order valence-electron chi connectivity index (χ2n) is 5.42. The number of carbonyl (C=O) groups excluding carboxylic acids is 1. The lowest BCUT2D eigenvalue weighted by atomic mass is 10.1. The van der Waals surface area contributed by atoms with E-state index in [2.05, 4.69) is 19.2 Å². The monoisotopic (exact) mass is 258 g/mol. The van der Waals surface area contributed by atoms with Crippen LogP contribution in [0.2, 0.25) is 0 Å². The Balaban J connectivity index is 1.92. The largest absolute Gasteiger partial charge is 0.380 e. The SMILES string of the molecule is CO[C@@H]1CN[C@H](C(=O)N2CCSC(C)(C)C2)C1. The highest BCUT2D eigenvalue weighted by molar-refractivity contribution is 8.00. The molecule has 0 spiro atoms. The van der Waals surface area contributed by atoms with Crippen LogP contribution in [0.25, 0.3) is 0 Å². The molecule has 0 unspecified atom stereocenters. The van der Waals surface area contributed by atoms with E-state index in [1.54, 1.807) is 7.11 Å². The van der Waals surface area contributed by atoms with E-state index in [9.17, 15) is 4.79 Å². The second kappa shape index (κ2) is 5.16. The number of nitrogens with zero attached hydrogens (tertiary/aromatic N) is 1. The molecule has 0 saturated carbocycles. The molecule has 0 bridgehead atoms. The molecule has 1 N–H and O–H groups in total. The first-order chi connectivity index (χ1) is 8.02. The first-order valence-corrected chi connectivity index (χ1v) is 7.19. The van der Waals surface area contributed by atoms with Crippen LogP contribution in [0.3, 0.4) is 0 Å². The van der Waals surface area contributed by atoms with Crippen molar-refractivity contribution in [1.29, 1.82) is 0 Å². The van der Waals surface area contributed by atoms with Gasteiger partial charge in [-0.15, -0.1) is 0 Å². The fraction of sp³-hybridized carbons (Fsp3) is 0.917. The van der Waals surface area contributed by atoms with Crippen LogP contribution < -0.4 is 5.32 Å². The second-order valence-corrected chi connectivity index (χ2v) is 7.22. The molecule has 0 radical (unpaired) electrons. The molecule has 2 atom stereocenters. The van der Waals surface area contributed by atoms with Crippen molar-refractivity contribution in [2.45, 2.75) is 37.2 Å². The maximum atomic E-state index is 12.3. The zero-order chi connectivity index (χ0) is 12.5. The fourth-order valence-electron chi connectivity index (χ4n) is 2.50. The Hall–Kier alpha value is -0.260. The van der Waals surface area contributed by atoms with Crippen LogP contribution in [0.5, 0.6) is 0 Å². The van der Waals surface area contributed by atoms with Gasteiger partial charge < -0.3 is 15.0 Å². The minimum Gasteiger partial charge on any atom is -0.380 e. The molecule has 2 saturated heterocycles. The molecule has 0 aliphatic carbocycles. The predicted octanol–water partition coefficient (Wildman–Crippen LogP) is 0.717. The molecule has 5 heteroatoms. The summed E-state index contributed by atoms with van der Waals surface area (Å²) >= 11 is 1.95. The van der Waals surface area contributed by atoms with Gasteiger partial charge in [-0.3, -0.25) is 4.79 Å². The van der Waals surface area contributed by atoms with Crippen LogP contribution in [0.15, 0.2) is 0 Å². The molecule has 0 aromatic heterocycles. The van der Waals surface area contributed by atoms with Gasteiger partial charge in [0.15, 0.2) is 0 Å². The Bertz CT molecular complexity index is 296. The number of carbonyl (C=O) groups is 1. The van der Waals surface area contributed by atoms with Crippen LogP contribution >= 0.6 is 11.8 Å². The molecular weight excluding hydrogens is 236 g/mol. The molecule has 0 aromatic carbocycles. The van der Waals surface area contributed by atoms with Gasteiger partial charge >= 0.3 is 0 Å². The minimum absolute atomic E-state index is 0.0427. The third-order valence-electron chi connectivity index (χ3n) is 3.46. The minimum atomic E-state index is -0.0427. The summed E-state index contributed by atoms with van der Waals surface area (Å²) in [6.07, 6.45) is 0.996. The van der Waals surface area contributed by atoms with Gasteiger partial charge in [0.2, 0.25) is 5.91 Å². The number of thioether (sulfide) groups is 1. The topological polar surface area (TPSA) is 41.6 Å². The molecule has 98 valence electrons. The first-order valence-electron chi connectivity index (χ1n) is 6.21. The van der Waals surface area contributed by atoms with Crippen molar-refractivity contribution in [1.82, 2.24) is 10.2 Å². The van der Waals surface area contributed by atoms with Crippen LogP contribution in [0.4, 0.5) is 0 Å². The van der Waals surface area contributed by atoms with Gasteiger partial charge in [-0.1, -0.05) is 0 Å². The number of rotatable bonds is 2. The lowest BCUT2D eigenvalue weighted by molar-refractivity contribution is -0.133. The van der Waals surface area contributed by atoms with Crippen molar-refractivity contribution < 1.29 is 9.53 Å². The summed E-state index contributed by atoms with van der Waals surface area (Å²) in [4.78, 5) is 14.4. The lowest BCUT2D eigenvalue weighted by Crippen LogP contribution is -2.51. The first kappa shape index (κ1) is 13.2. The van der Waals surface area contributed by atoms with Gasteiger partial charge in [-0.2, -0.15) is 11.8 Å². The summed E-state index contributed by atoms with van der Waals surface area (Å²) in [5, 5.41) is 3.26. The number of ether oxygens (including phenoxy) is 1. The summed E-state index contributed by atoms with van der Waals surface area (Å²) in [5.41, 5.74) is 0. The third kappa shape index (κ3) is 3.14. The van der Waals surface area contributed by atoms with Crippen LogP contribution in [0.1, 0.15) is 20.3 Å². The smallest absolute Gasteiger partial charge is 0.239 e. The molecule has 1 amide bonds. The van der Waals surface area contributed by atoms with Gasteiger partial charge in [0.1, 0.15) is 0 Å². The summed E-state index contributed by atoms with van der Waals surface area (Å²) in [5.74, 6) is 1.29. The van der Waals surface area contributed by atoms with Crippen LogP contribution in [0, 0.1) is 0 Å². The van der Waals surface area contributed by atoms with Crippen molar-refractivity contribution in [3.05, 3.63) is 0 Å². The quantitative estimate of drug-likeness (QED) is 0.792. The molecule has 4 nitrogen and oxygen atoms in total. The molecule has 2 heterocycles. The number of nitrogens with one attached hydrogen (secondary N) is 1. The summed E-state index contributed by atoms with van der Waals surface area (Å²) in [7, 11) is 1.71. The number of methoxy groups -OCH3 is 1. The Morgan fingerprint density at radius 2 is 2.29 bits per heavy atom. The van der Waals surface area contributed by atoms with E-state index in [4.69, 9.17) is 4.74 Å². The highest BCUT2D eigenvalue weighted by Crippen LogP contribution is 2.30. The maximum absolute atomic E-state index is 12.3. The van der Waals surface area contributed by atoms with Gasteiger partial charge in [0.25, 0.3) is 0 Å². The Morgan fingerprint density at radius 1 is 1.53 bits per heavy atom. The highest BCUT2D eigenvalue weighted by atomic mass is 32.2. The van der Waals surface area contributed by atoms with Gasteiger partial charge in [-0.05, 0) is 20.3 Å². The van der Waals surface area contributed by atoms with E-state index in [1.165, 1.54) is 0 Å². The number of amides is 1. The average Bonchev–Trinajstić information content (AvgIpc) is 2.75. The summed E-state index contributed by atoms with van der Waals surface area (Å²) < 4.78 is 5.47. The standard InChI is InChI=1S/C12H22N2O2S/c1-12(2)8-14(4-5-17-12)11(15)10-6-9(16-3)7-13-10/h9-10,13H,4-8H2,1-3H3/t9-,10-/m0/s1. The van der Waals surface area contributed by atoms with E-state index < -0.39 is 0 Å². The van der Waals surface area contributed by atoms with Crippen LogP contribution in [-0.2, 0) is 9.53 Å². The molecular formula is C12H22N2O2S. The Morgan fingerprint density at radius 3 is 2.88 bits per heavy atom. The molecule has 17 heavy (non-hydrogen) atoms. The molecule has 2 aliphatic rings. The molecule has 0 aromatic rings. The fourth-order valence-corrected chi connectivity index (χ4v) is 3.61. The van der Waals surface area contributed by atoms with Gasteiger partial charge in [0, 0.05) is 37.2 Å². The summed E-state index contributed by atoms with van der Waals surface area (Å²) in [6.45, 7) is 6.93. The van der Waals surface area contributed by atoms with Crippen molar-refractivity contribution in [3.8, 4) is 0 Å². The number of hydrogen-bond donors (Lipinski definition) is 1. The Kier molecular flexibility index (Phi) is 4.00. The molecule has 2 fully saturated rings. The average molecular weight is 258 g/mol. The number of hydrogen-bond acceptors (Lipinski definition) is 4. The maximum Gasteiger partial charge on any atom is 0.239 e. The molecule has 2 aliphatic heterocycles. The van der Waals surface area contributed by atoms with E-state index in [0.29, 0.717) is 0 Å². The molecule has 2 rings (SSSR count). The zero-order valence-electron chi connectivity index (χ0n) is 10.9.